The number of rotatable bonds is 8. The van der Waals surface area contributed by atoms with Crippen LogP contribution in [0.1, 0.15) is 29.6 Å². The largest absolute Gasteiger partial charge is 0.478 e. The van der Waals surface area contributed by atoms with Gasteiger partial charge in [-0.3, -0.25) is 0 Å². The van der Waals surface area contributed by atoms with E-state index in [0.29, 0.717) is 18.2 Å². The number of nitrogens with one attached hydrogen (secondary N) is 2. The molecule has 1 rings (SSSR count). The zero-order valence-electron chi connectivity index (χ0n) is 11.8. The van der Waals surface area contributed by atoms with E-state index in [1.807, 2.05) is 0 Å². The molecule has 1 aromatic carbocycles. The van der Waals surface area contributed by atoms with Gasteiger partial charge in [-0.25, -0.2) is 9.59 Å². The summed E-state index contributed by atoms with van der Waals surface area (Å²) in [5, 5.41) is 14.6. The van der Waals surface area contributed by atoms with Crippen molar-refractivity contribution < 1.29 is 19.4 Å². The molecule has 116 valence electrons. The Hall–Kier alpha value is -1.79. The maximum atomic E-state index is 11.7. The SMILES string of the molecule is COCCCCCNC(=O)Nc1cc(Cl)ccc1C(=O)O. The van der Waals surface area contributed by atoms with E-state index in [9.17, 15) is 9.59 Å². The highest BCUT2D eigenvalue weighted by Gasteiger charge is 2.12. The summed E-state index contributed by atoms with van der Waals surface area (Å²) < 4.78 is 4.93. The number of amides is 2. The number of halogens is 1. The number of hydrogen-bond acceptors (Lipinski definition) is 3. The fourth-order valence-corrected chi connectivity index (χ4v) is 1.90. The summed E-state index contributed by atoms with van der Waals surface area (Å²) >= 11 is 5.80. The van der Waals surface area contributed by atoms with Crippen LogP contribution in [0.5, 0.6) is 0 Å². The van der Waals surface area contributed by atoms with E-state index in [4.69, 9.17) is 21.4 Å². The number of ether oxygens (including phenoxy) is 1. The van der Waals surface area contributed by atoms with Gasteiger partial charge in [0.15, 0.2) is 0 Å². The molecule has 0 fully saturated rings. The van der Waals surface area contributed by atoms with Crippen LogP contribution in [0.3, 0.4) is 0 Å². The van der Waals surface area contributed by atoms with E-state index in [0.717, 1.165) is 19.3 Å². The Morgan fingerprint density at radius 3 is 2.71 bits per heavy atom. The van der Waals surface area contributed by atoms with Crippen molar-refractivity contribution in [3.8, 4) is 0 Å². The Balaban J connectivity index is 2.44. The van der Waals surface area contributed by atoms with Gasteiger partial charge in [-0.15, -0.1) is 0 Å². The molecule has 0 heterocycles. The monoisotopic (exact) mass is 314 g/mol. The van der Waals surface area contributed by atoms with Gasteiger partial charge in [-0.2, -0.15) is 0 Å². The second-order valence-corrected chi connectivity index (χ2v) is 4.87. The van der Waals surface area contributed by atoms with Gasteiger partial charge < -0.3 is 20.5 Å². The minimum absolute atomic E-state index is 0.00496. The molecule has 0 saturated heterocycles. The number of anilines is 1. The van der Waals surface area contributed by atoms with E-state index in [1.165, 1.54) is 18.2 Å². The Morgan fingerprint density at radius 2 is 2.05 bits per heavy atom. The second kappa shape index (κ2) is 9.20. The van der Waals surface area contributed by atoms with Gasteiger partial charge in [0.2, 0.25) is 0 Å². The van der Waals surface area contributed by atoms with Gasteiger partial charge in [0.05, 0.1) is 11.3 Å². The van der Waals surface area contributed by atoms with E-state index in [2.05, 4.69) is 10.6 Å². The van der Waals surface area contributed by atoms with Gasteiger partial charge in [-0.05, 0) is 37.5 Å². The highest BCUT2D eigenvalue weighted by molar-refractivity contribution is 6.31. The van der Waals surface area contributed by atoms with Gasteiger partial charge >= 0.3 is 12.0 Å². The topological polar surface area (TPSA) is 87.7 Å². The van der Waals surface area contributed by atoms with E-state index < -0.39 is 12.0 Å². The molecule has 3 N–H and O–H groups in total. The first kappa shape index (κ1) is 17.3. The molecule has 7 heteroatoms. The summed E-state index contributed by atoms with van der Waals surface area (Å²) in [6, 6.07) is 3.77. The van der Waals surface area contributed by atoms with Gasteiger partial charge in [-0.1, -0.05) is 11.6 Å². The quantitative estimate of drug-likeness (QED) is 0.644. The molecule has 6 nitrogen and oxygen atoms in total. The third kappa shape index (κ3) is 6.46. The van der Waals surface area contributed by atoms with Crippen LogP contribution in [0.15, 0.2) is 18.2 Å². The van der Waals surface area contributed by atoms with Gasteiger partial charge in [0.1, 0.15) is 0 Å². The molecule has 0 aromatic heterocycles. The molecule has 1 aromatic rings. The number of carboxylic acid groups (broad SMARTS) is 1. The van der Waals surface area contributed by atoms with Crippen LogP contribution in [-0.2, 0) is 4.74 Å². The highest BCUT2D eigenvalue weighted by atomic mass is 35.5. The van der Waals surface area contributed by atoms with E-state index >= 15 is 0 Å². The maximum Gasteiger partial charge on any atom is 0.337 e. The molecular formula is C14H19ClN2O4. The summed E-state index contributed by atoms with van der Waals surface area (Å²) in [5.41, 5.74) is 0.168. The van der Waals surface area contributed by atoms with Crippen molar-refractivity contribution in [3.05, 3.63) is 28.8 Å². The average molecular weight is 315 g/mol. The second-order valence-electron chi connectivity index (χ2n) is 4.43. The molecule has 0 aliphatic heterocycles. The third-order valence-corrected chi connectivity index (χ3v) is 3.01. The van der Waals surface area contributed by atoms with Crippen LogP contribution >= 0.6 is 11.6 Å². The molecule has 0 spiro atoms. The fraction of sp³-hybridized carbons (Fsp3) is 0.429. The van der Waals surface area contributed by atoms with Crippen molar-refractivity contribution in [1.29, 1.82) is 0 Å². The Morgan fingerprint density at radius 1 is 1.29 bits per heavy atom. The normalized spacial score (nSPS) is 10.2. The molecule has 0 aliphatic carbocycles. The molecule has 0 atom stereocenters. The number of carbonyl (C=O) groups excluding carboxylic acids is 1. The van der Waals surface area contributed by atoms with Crippen LogP contribution in [0.2, 0.25) is 5.02 Å². The summed E-state index contributed by atoms with van der Waals surface area (Å²) in [5.74, 6) is -1.12. The van der Waals surface area contributed by atoms with Crippen LogP contribution in [0, 0.1) is 0 Å². The van der Waals surface area contributed by atoms with Crippen molar-refractivity contribution in [2.45, 2.75) is 19.3 Å². The Labute approximate surface area is 128 Å². The van der Waals surface area contributed by atoms with Crippen LogP contribution in [0.4, 0.5) is 10.5 Å². The van der Waals surface area contributed by atoms with Gasteiger partial charge in [0, 0.05) is 25.3 Å². The van der Waals surface area contributed by atoms with Crippen molar-refractivity contribution in [3.63, 3.8) is 0 Å². The summed E-state index contributed by atoms with van der Waals surface area (Å²) in [4.78, 5) is 22.8. The first-order chi connectivity index (χ1) is 10.0. The molecule has 0 aliphatic rings. The van der Waals surface area contributed by atoms with Crippen LogP contribution in [-0.4, -0.2) is 37.4 Å². The summed E-state index contributed by atoms with van der Waals surface area (Å²) in [7, 11) is 1.65. The van der Waals surface area contributed by atoms with Crippen molar-refractivity contribution in [1.82, 2.24) is 5.32 Å². The molecule has 0 radical (unpaired) electrons. The van der Waals surface area contributed by atoms with Crippen molar-refractivity contribution in [2.75, 3.05) is 25.6 Å². The predicted octanol–water partition coefficient (Wildman–Crippen LogP) is 2.98. The molecule has 2 amide bonds. The van der Waals surface area contributed by atoms with E-state index in [-0.39, 0.29) is 11.3 Å². The molecule has 0 bridgehead atoms. The number of methoxy groups -OCH3 is 1. The Bertz CT molecular complexity index is 494. The summed E-state index contributed by atoms with van der Waals surface area (Å²) in [6.45, 7) is 1.22. The molecule has 21 heavy (non-hydrogen) atoms. The number of aromatic carboxylic acids is 1. The predicted molar refractivity (Wildman–Crippen MR) is 81.2 cm³/mol. The lowest BCUT2D eigenvalue weighted by Crippen LogP contribution is -2.30. The lowest BCUT2D eigenvalue weighted by molar-refractivity contribution is 0.0698. The fourth-order valence-electron chi connectivity index (χ4n) is 1.72. The van der Waals surface area contributed by atoms with Crippen LogP contribution in [0.25, 0.3) is 0 Å². The Kier molecular flexibility index (Phi) is 7.56. The zero-order valence-corrected chi connectivity index (χ0v) is 12.6. The minimum atomic E-state index is -1.12. The highest BCUT2D eigenvalue weighted by Crippen LogP contribution is 2.21. The minimum Gasteiger partial charge on any atom is -0.478 e. The average Bonchev–Trinajstić information content (AvgIpc) is 2.42. The first-order valence-corrected chi connectivity index (χ1v) is 6.99. The number of hydrogen-bond donors (Lipinski definition) is 3. The zero-order chi connectivity index (χ0) is 15.7. The summed E-state index contributed by atoms with van der Waals surface area (Å²) in [6.07, 6.45) is 2.72. The molecule has 0 unspecified atom stereocenters. The smallest absolute Gasteiger partial charge is 0.337 e. The number of benzene rings is 1. The lowest BCUT2D eigenvalue weighted by atomic mass is 10.2. The number of carboxylic acids is 1. The number of unbranched alkanes of at least 4 members (excludes halogenated alkanes) is 2. The lowest BCUT2D eigenvalue weighted by Gasteiger charge is -2.10. The standard InChI is InChI=1S/C14H19ClN2O4/c1-21-8-4-2-3-7-16-14(20)17-12-9-10(15)5-6-11(12)13(18)19/h5-6,9H,2-4,7-8H2,1H3,(H,18,19)(H2,16,17,20). The van der Waals surface area contributed by atoms with Crippen molar-refractivity contribution >= 4 is 29.3 Å². The first-order valence-electron chi connectivity index (χ1n) is 6.61. The number of carbonyl (C=O) groups is 2. The van der Waals surface area contributed by atoms with Crippen molar-refractivity contribution in [2.24, 2.45) is 0 Å². The van der Waals surface area contributed by atoms with E-state index in [1.54, 1.807) is 7.11 Å². The number of urea groups is 1. The third-order valence-electron chi connectivity index (χ3n) is 2.77. The maximum absolute atomic E-state index is 11.7. The van der Waals surface area contributed by atoms with Gasteiger partial charge in [0.25, 0.3) is 0 Å². The molecular weight excluding hydrogens is 296 g/mol. The van der Waals surface area contributed by atoms with Crippen LogP contribution < -0.4 is 10.6 Å². The molecule has 0 saturated carbocycles.